The maximum absolute atomic E-state index is 13.5. The zero-order valence-corrected chi connectivity index (χ0v) is 10.8. The summed E-state index contributed by atoms with van der Waals surface area (Å²) < 4.78 is 26.5. The molecule has 100 valence electrons. The van der Waals surface area contributed by atoms with E-state index in [-0.39, 0.29) is 17.7 Å². The fraction of sp³-hybridized carbons (Fsp3) is 0.615. The van der Waals surface area contributed by atoms with Gasteiger partial charge in [-0.3, -0.25) is 0 Å². The molecule has 1 heterocycles. The van der Waals surface area contributed by atoms with Crippen molar-refractivity contribution < 1.29 is 8.78 Å². The Balaban J connectivity index is 2.04. The molecule has 2 rings (SSSR count). The number of hydrogen-bond donors (Lipinski definition) is 2. The molecule has 1 fully saturated rings. The summed E-state index contributed by atoms with van der Waals surface area (Å²) in [4.78, 5) is 3.72. The van der Waals surface area contributed by atoms with Crippen molar-refractivity contribution in [3.8, 4) is 0 Å². The van der Waals surface area contributed by atoms with Gasteiger partial charge in [0.05, 0.1) is 0 Å². The predicted octanol–water partition coefficient (Wildman–Crippen LogP) is 3.32. The summed E-state index contributed by atoms with van der Waals surface area (Å²) in [5.41, 5.74) is 5.70. The number of halogens is 2. The summed E-state index contributed by atoms with van der Waals surface area (Å²) in [5, 5.41) is 3.02. The van der Waals surface area contributed by atoms with E-state index in [9.17, 15) is 8.78 Å². The second kappa shape index (κ2) is 4.71. The molecule has 5 heteroatoms. The van der Waals surface area contributed by atoms with E-state index < -0.39 is 11.6 Å². The van der Waals surface area contributed by atoms with Crippen molar-refractivity contribution in [1.82, 2.24) is 4.98 Å². The molecule has 0 saturated heterocycles. The van der Waals surface area contributed by atoms with Gasteiger partial charge in [-0.15, -0.1) is 0 Å². The van der Waals surface area contributed by atoms with E-state index in [1.165, 1.54) is 0 Å². The van der Waals surface area contributed by atoms with E-state index in [2.05, 4.69) is 24.1 Å². The lowest BCUT2D eigenvalue weighted by atomic mass is 9.75. The van der Waals surface area contributed by atoms with E-state index in [0.29, 0.717) is 5.41 Å². The normalized spacial score (nSPS) is 19.8. The van der Waals surface area contributed by atoms with Gasteiger partial charge in [-0.1, -0.05) is 13.8 Å². The maximum Gasteiger partial charge on any atom is 0.168 e. The Morgan fingerprint density at radius 2 is 1.89 bits per heavy atom. The molecule has 1 aliphatic carbocycles. The van der Waals surface area contributed by atoms with Gasteiger partial charge in [0, 0.05) is 12.1 Å². The quantitative estimate of drug-likeness (QED) is 0.852. The van der Waals surface area contributed by atoms with E-state index in [4.69, 9.17) is 5.73 Å². The van der Waals surface area contributed by atoms with Crippen molar-refractivity contribution in [3.63, 3.8) is 0 Å². The molecular weight excluding hydrogens is 236 g/mol. The molecule has 0 unspecified atom stereocenters. The second-order valence-electron chi connectivity index (χ2n) is 5.77. The second-order valence-corrected chi connectivity index (χ2v) is 5.77. The van der Waals surface area contributed by atoms with Gasteiger partial charge < -0.3 is 11.1 Å². The van der Waals surface area contributed by atoms with Crippen LogP contribution in [0, 0.1) is 17.0 Å². The minimum atomic E-state index is -0.817. The fourth-order valence-corrected chi connectivity index (χ4v) is 2.32. The number of nitrogen functional groups attached to an aromatic ring is 1. The maximum atomic E-state index is 13.5. The Morgan fingerprint density at radius 3 is 2.50 bits per heavy atom. The van der Waals surface area contributed by atoms with E-state index in [1.807, 2.05) is 0 Å². The van der Waals surface area contributed by atoms with Gasteiger partial charge in [0.15, 0.2) is 23.3 Å². The first-order chi connectivity index (χ1) is 8.37. The van der Waals surface area contributed by atoms with E-state index in [0.717, 1.165) is 31.7 Å². The van der Waals surface area contributed by atoms with Gasteiger partial charge in [0.2, 0.25) is 0 Å². The highest BCUT2D eigenvalue weighted by atomic mass is 19.1. The van der Waals surface area contributed by atoms with E-state index >= 15 is 0 Å². The number of nitrogens with two attached hydrogens (primary N) is 1. The summed E-state index contributed by atoms with van der Waals surface area (Å²) in [6.45, 7) is 4.47. The average Bonchev–Trinajstić information content (AvgIpc) is 2.28. The van der Waals surface area contributed by atoms with Crippen LogP contribution in [0.5, 0.6) is 0 Å². The average molecular weight is 255 g/mol. The van der Waals surface area contributed by atoms with Crippen LogP contribution in [0.4, 0.5) is 20.4 Å². The largest absolute Gasteiger partial charge is 0.381 e. The molecule has 0 aliphatic heterocycles. The van der Waals surface area contributed by atoms with Crippen molar-refractivity contribution in [2.45, 2.75) is 45.6 Å². The van der Waals surface area contributed by atoms with Crippen LogP contribution < -0.4 is 11.1 Å². The summed E-state index contributed by atoms with van der Waals surface area (Å²) in [7, 11) is 0. The van der Waals surface area contributed by atoms with Crippen molar-refractivity contribution in [2.24, 2.45) is 5.41 Å². The standard InChI is InChI=1S/C13H19F2N3/c1-13(2)5-3-8(4-6-13)17-12-10(15)7-9(14)11(16)18-12/h7-8H,3-6H2,1-2H3,(H3,16,17,18). The Bertz CT molecular complexity index is 436. The number of nitrogens with one attached hydrogen (secondary N) is 1. The zero-order chi connectivity index (χ0) is 13.3. The molecule has 0 radical (unpaired) electrons. The molecule has 1 aliphatic rings. The number of anilines is 2. The molecule has 0 atom stereocenters. The van der Waals surface area contributed by atoms with Crippen LogP contribution in [0.3, 0.4) is 0 Å². The highest BCUT2D eigenvalue weighted by molar-refractivity contribution is 5.45. The van der Waals surface area contributed by atoms with Gasteiger partial charge in [-0.05, 0) is 31.1 Å². The minimum absolute atomic E-state index is 0.0543. The topological polar surface area (TPSA) is 50.9 Å². The third-order valence-electron chi connectivity index (χ3n) is 3.64. The van der Waals surface area contributed by atoms with Gasteiger partial charge in [-0.2, -0.15) is 0 Å². The first-order valence-electron chi connectivity index (χ1n) is 6.25. The van der Waals surface area contributed by atoms with Crippen LogP contribution in [0.2, 0.25) is 0 Å². The number of nitrogens with zero attached hydrogens (tertiary/aromatic N) is 1. The molecule has 0 aromatic carbocycles. The first kappa shape index (κ1) is 13.1. The van der Waals surface area contributed by atoms with Crippen LogP contribution in [-0.4, -0.2) is 11.0 Å². The van der Waals surface area contributed by atoms with Crippen LogP contribution >= 0.6 is 0 Å². The van der Waals surface area contributed by atoms with Crippen molar-refractivity contribution in [1.29, 1.82) is 0 Å². The third-order valence-corrected chi connectivity index (χ3v) is 3.64. The Kier molecular flexibility index (Phi) is 3.41. The van der Waals surface area contributed by atoms with Crippen LogP contribution in [0.25, 0.3) is 0 Å². The monoisotopic (exact) mass is 255 g/mol. The number of rotatable bonds is 2. The van der Waals surface area contributed by atoms with Crippen molar-refractivity contribution in [3.05, 3.63) is 17.7 Å². The fourth-order valence-electron chi connectivity index (χ4n) is 2.32. The van der Waals surface area contributed by atoms with Crippen molar-refractivity contribution >= 4 is 11.6 Å². The smallest absolute Gasteiger partial charge is 0.168 e. The number of hydrogen-bond acceptors (Lipinski definition) is 3. The lowest BCUT2D eigenvalue weighted by Crippen LogP contribution is -2.30. The molecule has 3 N–H and O–H groups in total. The van der Waals surface area contributed by atoms with Crippen LogP contribution in [0.15, 0.2) is 6.07 Å². The molecule has 18 heavy (non-hydrogen) atoms. The van der Waals surface area contributed by atoms with Gasteiger partial charge in [0.1, 0.15) is 0 Å². The summed E-state index contributed by atoms with van der Waals surface area (Å²) in [6.07, 6.45) is 4.10. The highest BCUT2D eigenvalue weighted by Gasteiger charge is 2.27. The zero-order valence-electron chi connectivity index (χ0n) is 10.8. The van der Waals surface area contributed by atoms with Gasteiger partial charge >= 0.3 is 0 Å². The molecule has 0 amide bonds. The molecule has 1 saturated carbocycles. The summed E-state index contributed by atoms with van der Waals surface area (Å²) >= 11 is 0. The molecule has 0 bridgehead atoms. The molecule has 0 spiro atoms. The van der Waals surface area contributed by atoms with Gasteiger partial charge in [-0.25, -0.2) is 13.8 Å². The molecule has 3 nitrogen and oxygen atoms in total. The van der Waals surface area contributed by atoms with Crippen LogP contribution in [-0.2, 0) is 0 Å². The summed E-state index contributed by atoms with van der Waals surface area (Å²) in [5.74, 6) is -1.72. The Hall–Kier alpha value is -1.39. The van der Waals surface area contributed by atoms with Crippen molar-refractivity contribution in [2.75, 3.05) is 11.1 Å². The molecule has 1 aromatic heterocycles. The SMILES string of the molecule is CC1(C)CCC(Nc2nc(N)c(F)cc2F)CC1. The number of pyridine rings is 1. The molecule has 1 aromatic rings. The Morgan fingerprint density at radius 1 is 1.28 bits per heavy atom. The van der Waals surface area contributed by atoms with Gasteiger partial charge in [0.25, 0.3) is 0 Å². The van der Waals surface area contributed by atoms with Crippen LogP contribution in [0.1, 0.15) is 39.5 Å². The summed E-state index contributed by atoms with van der Waals surface area (Å²) in [6, 6.07) is 0.960. The lowest BCUT2D eigenvalue weighted by molar-refractivity contribution is 0.232. The predicted molar refractivity (Wildman–Crippen MR) is 68.2 cm³/mol. The highest BCUT2D eigenvalue weighted by Crippen LogP contribution is 2.36. The third kappa shape index (κ3) is 2.89. The Labute approximate surface area is 106 Å². The lowest BCUT2D eigenvalue weighted by Gasteiger charge is -2.34. The number of aromatic nitrogens is 1. The first-order valence-corrected chi connectivity index (χ1v) is 6.25. The minimum Gasteiger partial charge on any atom is -0.381 e. The molecular formula is C13H19F2N3. The van der Waals surface area contributed by atoms with E-state index in [1.54, 1.807) is 0 Å².